The van der Waals surface area contributed by atoms with E-state index >= 15 is 0 Å². The quantitative estimate of drug-likeness (QED) is 0.701. The first-order valence-electron chi connectivity index (χ1n) is 7.06. The van der Waals surface area contributed by atoms with Crippen molar-refractivity contribution in [1.82, 2.24) is 14.7 Å². The summed E-state index contributed by atoms with van der Waals surface area (Å²) in [7, 11) is 0. The summed E-state index contributed by atoms with van der Waals surface area (Å²) in [4.78, 5) is 15.8. The van der Waals surface area contributed by atoms with Crippen LogP contribution in [0.25, 0.3) is 0 Å². The predicted octanol–water partition coefficient (Wildman–Crippen LogP) is 3.33. The van der Waals surface area contributed by atoms with E-state index in [0.717, 1.165) is 10.6 Å². The van der Waals surface area contributed by atoms with Crippen molar-refractivity contribution >= 4 is 17.2 Å². The summed E-state index contributed by atoms with van der Waals surface area (Å²) in [5.41, 5.74) is 0. The predicted molar refractivity (Wildman–Crippen MR) is 84.2 cm³/mol. The number of hydrogen-bond acceptors (Lipinski definition) is 4. The maximum atomic E-state index is 12.8. The molecule has 1 amide bonds. The van der Waals surface area contributed by atoms with E-state index in [4.69, 9.17) is 4.42 Å². The van der Waals surface area contributed by atoms with Crippen molar-refractivity contribution in [3.63, 3.8) is 0 Å². The van der Waals surface area contributed by atoms with Crippen LogP contribution in [0, 0.1) is 0 Å². The Bertz CT molecular complexity index is 654. The second-order valence-corrected chi connectivity index (χ2v) is 6.05. The third kappa shape index (κ3) is 3.28. The van der Waals surface area contributed by atoms with Gasteiger partial charge in [-0.3, -0.25) is 9.48 Å². The Morgan fingerprint density at radius 3 is 2.91 bits per heavy atom. The standard InChI is InChI=1S/C16H17N3O2S/c1-13(19-8-4-7-17-19)16(20)18(11-14-5-2-9-21-14)12-15-6-3-10-22-15/h2-10,13H,11-12H2,1H3. The van der Waals surface area contributed by atoms with E-state index < -0.39 is 0 Å². The molecular formula is C16H17N3O2S. The van der Waals surface area contributed by atoms with Gasteiger partial charge in [-0.15, -0.1) is 11.3 Å². The van der Waals surface area contributed by atoms with Gasteiger partial charge >= 0.3 is 0 Å². The van der Waals surface area contributed by atoms with Gasteiger partial charge in [0.1, 0.15) is 11.8 Å². The first kappa shape index (κ1) is 14.6. The monoisotopic (exact) mass is 315 g/mol. The molecule has 22 heavy (non-hydrogen) atoms. The van der Waals surface area contributed by atoms with Crippen LogP contribution in [-0.4, -0.2) is 20.6 Å². The Hall–Kier alpha value is -2.34. The molecule has 0 saturated heterocycles. The number of thiophene rings is 1. The highest BCUT2D eigenvalue weighted by Crippen LogP contribution is 2.18. The van der Waals surface area contributed by atoms with Crippen molar-refractivity contribution in [1.29, 1.82) is 0 Å². The number of aromatic nitrogens is 2. The van der Waals surface area contributed by atoms with Crippen LogP contribution in [-0.2, 0) is 17.9 Å². The van der Waals surface area contributed by atoms with E-state index in [1.807, 2.05) is 42.6 Å². The zero-order valence-corrected chi connectivity index (χ0v) is 13.1. The molecular weight excluding hydrogens is 298 g/mol. The Balaban J connectivity index is 1.78. The fourth-order valence-corrected chi connectivity index (χ4v) is 3.00. The summed E-state index contributed by atoms with van der Waals surface area (Å²) in [6.07, 6.45) is 5.11. The Labute approximate surface area is 132 Å². The highest BCUT2D eigenvalue weighted by molar-refractivity contribution is 7.09. The van der Waals surface area contributed by atoms with Crippen LogP contribution in [0.15, 0.2) is 58.8 Å². The fourth-order valence-electron chi connectivity index (χ4n) is 2.28. The van der Waals surface area contributed by atoms with E-state index in [2.05, 4.69) is 5.10 Å². The van der Waals surface area contributed by atoms with E-state index in [9.17, 15) is 4.79 Å². The molecule has 0 saturated carbocycles. The number of furan rings is 1. The van der Waals surface area contributed by atoms with Gasteiger partial charge in [0.05, 0.1) is 19.4 Å². The van der Waals surface area contributed by atoms with Crippen molar-refractivity contribution < 1.29 is 9.21 Å². The zero-order chi connectivity index (χ0) is 15.4. The van der Waals surface area contributed by atoms with Gasteiger partial charge in [0, 0.05) is 17.3 Å². The van der Waals surface area contributed by atoms with Crippen LogP contribution in [0.2, 0.25) is 0 Å². The molecule has 0 N–H and O–H groups in total. The van der Waals surface area contributed by atoms with Crippen LogP contribution in [0.5, 0.6) is 0 Å². The number of carbonyl (C=O) groups excluding carboxylic acids is 1. The van der Waals surface area contributed by atoms with Crippen LogP contribution in [0.3, 0.4) is 0 Å². The average molecular weight is 315 g/mol. The molecule has 0 aliphatic heterocycles. The highest BCUT2D eigenvalue weighted by Gasteiger charge is 2.23. The van der Waals surface area contributed by atoms with Crippen LogP contribution >= 0.6 is 11.3 Å². The molecule has 114 valence electrons. The number of nitrogens with zero attached hydrogens (tertiary/aromatic N) is 3. The Morgan fingerprint density at radius 2 is 2.27 bits per heavy atom. The topological polar surface area (TPSA) is 51.3 Å². The molecule has 0 aliphatic rings. The number of amides is 1. The second kappa shape index (κ2) is 6.62. The fraction of sp³-hybridized carbons (Fsp3) is 0.250. The molecule has 1 atom stereocenters. The van der Waals surface area contributed by atoms with Gasteiger partial charge in [-0.05, 0) is 36.6 Å². The molecule has 1 unspecified atom stereocenters. The summed E-state index contributed by atoms with van der Waals surface area (Å²) >= 11 is 1.64. The molecule has 0 fully saturated rings. The van der Waals surface area contributed by atoms with E-state index in [-0.39, 0.29) is 11.9 Å². The minimum atomic E-state index is -0.343. The van der Waals surface area contributed by atoms with Gasteiger partial charge in [-0.2, -0.15) is 5.10 Å². The molecule has 0 bridgehead atoms. The SMILES string of the molecule is CC(C(=O)N(Cc1ccco1)Cc1cccs1)n1cccn1. The van der Waals surface area contributed by atoms with E-state index in [1.54, 1.807) is 39.6 Å². The maximum Gasteiger partial charge on any atom is 0.247 e. The van der Waals surface area contributed by atoms with Gasteiger partial charge in [0.15, 0.2) is 0 Å². The van der Waals surface area contributed by atoms with E-state index in [0.29, 0.717) is 13.1 Å². The smallest absolute Gasteiger partial charge is 0.247 e. The second-order valence-electron chi connectivity index (χ2n) is 5.02. The summed E-state index contributed by atoms with van der Waals surface area (Å²) in [6.45, 7) is 2.89. The van der Waals surface area contributed by atoms with E-state index in [1.165, 1.54) is 0 Å². The summed E-state index contributed by atoms with van der Waals surface area (Å²) in [6, 6.07) is 9.22. The number of carbonyl (C=O) groups is 1. The zero-order valence-electron chi connectivity index (χ0n) is 12.3. The first-order valence-corrected chi connectivity index (χ1v) is 7.94. The van der Waals surface area contributed by atoms with Gasteiger partial charge in [0.25, 0.3) is 0 Å². The van der Waals surface area contributed by atoms with Gasteiger partial charge in [-0.25, -0.2) is 0 Å². The van der Waals surface area contributed by atoms with Crippen molar-refractivity contribution in [3.05, 3.63) is 65.0 Å². The lowest BCUT2D eigenvalue weighted by molar-refractivity contribution is -0.136. The van der Waals surface area contributed by atoms with Crippen LogP contribution in [0.4, 0.5) is 0 Å². The third-order valence-corrected chi connectivity index (χ3v) is 4.31. The summed E-state index contributed by atoms with van der Waals surface area (Å²) in [5, 5.41) is 6.18. The van der Waals surface area contributed by atoms with Crippen molar-refractivity contribution in [2.75, 3.05) is 0 Å². The molecule has 3 heterocycles. The van der Waals surface area contributed by atoms with Gasteiger partial charge in [0.2, 0.25) is 5.91 Å². The molecule has 0 aliphatic carbocycles. The lowest BCUT2D eigenvalue weighted by Crippen LogP contribution is -2.35. The Morgan fingerprint density at radius 1 is 1.36 bits per heavy atom. The average Bonchev–Trinajstić information content (AvgIpc) is 3.27. The minimum absolute atomic E-state index is 0.0218. The minimum Gasteiger partial charge on any atom is -0.467 e. The van der Waals surface area contributed by atoms with Crippen molar-refractivity contribution in [2.45, 2.75) is 26.1 Å². The molecule has 5 nitrogen and oxygen atoms in total. The molecule has 0 spiro atoms. The molecule has 6 heteroatoms. The van der Waals surface area contributed by atoms with Crippen LogP contribution < -0.4 is 0 Å². The lowest BCUT2D eigenvalue weighted by atomic mass is 10.2. The lowest BCUT2D eigenvalue weighted by Gasteiger charge is -2.24. The van der Waals surface area contributed by atoms with Crippen LogP contribution in [0.1, 0.15) is 23.6 Å². The molecule has 0 radical (unpaired) electrons. The maximum absolute atomic E-state index is 12.8. The third-order valence-electron chi connectivity index (χ3n) is 3.44. The molecule has 3 aromatic rings. The normalized spacial score (nSPS) is 12.2. The van der Waals surface area contributed by atoms with Gasteiger partial charge < -0.3 is 9.32 Å². The highest BCUT2D eigenvalue weighted by atomic mass is 32.1. The molecule has 3 rings (SSSR count). The first-order chi connectivity index (χ1) is 10.7. The number of hydrogen-bond donors (Lipinski definition) is 0. The largest absolute Gasteiger partial charge is 0.467 e. The van der Waals surface area contributed by atoms with Crippen molar-refractivity contribution in [3.8, 4) is 0 Å². The summed E-state index contributed by atoms with van der Waals surface area (Å²) < 4.78 is 7.06. The molecule has 3 aromatic heterocycles. The number of rotatable bonds is 6. The Kier molecular flexibility index (Phi) is 4.39. The van der Waals surface area contributed by atoms with Gasteiger partial charge in [-0.1, -0.05) is 6.07 Å². The molecule has 0 aromatic carbocycles. The summed E-state index contributed by atoms with van der Waals surface area (Å²) in [5.74, 6) is 0.797. The van der Waals surface area contributed by atoms with Crippen molar-refractivity contribution in [2.24, 2.45) is 0 Å².